The Kier molecular flexibility index (Phi) is 32.3. The first-order chi connectivity index (χ1) is 62.1. The van der Waals surface area contributed by atoms with E-state index in [9.17, 15) is 20.4 Å². The lowest BCUT2D eigenvalue weighted by Gasteiger charge is -2.33. The lowest BCUT2D eigenvalue weighted by atomic mass is 9.70. The summed E-state index contributed by atoms with van der Waals surface area (Å²) in [6.07, 6.45) is 1.52. The van der Waals surface area contributed by atoms with Crippen LogP contribution in [0.3, 0.4) is 0 Å². The van der Waals surface area contributed by atoms with E-state index in [1.165, 1.54) is 55.6 Å². The van der Waals surface area contributed by atoms with Crippen LogP contribution in [0.4, 0.5) is 0 Å². The number of aromatic hydroxyl groups is 1. The van der Waals surface area contributed by atoms with Crippen molar-refractivity contribution in [1.29, 1.82) is 0 Å². The molecule has 0 spiro atoms. The van der Waals surface area contributed by atoms with Crippen LogP contribution in [0.5, 0.6) is 57.5 Å². The van der Waals surface area contributed by atoms with Crippen molar-refractivity contribution in [3.8, 4) is 57.5 Å². The Morgan fingerprint density at radius 1 is 0.234 bits per heavy atom. The zero-order valence-electron chi connectivity index (χ0n) is 76.1. The van der Waals surface area contributed by atoms with Crippen molar-refractivity contribution in [2.45, 2.75) is 103 Å². The van der Waals surface area contributed by atoms with Gasteiger partial charge in [-0.1, -0.05) is 273 Å². The Balaban J connectivity index is 0.000000157. The van der Waals surface area contributed by atoms with E-state index in [-0.39, 0.29) is 54.2 Å². The van der Waals surface area contributed by atoms with E-state index in [1.54, 1.807) is 76.1 Å². The number of hydrogen-bond acceptors (Lipinski definition) is 13. The summed E-state index contributed by atoms with van der Waals surface area (Å²) in [5.74, 6) is 8.12. The van der Waals surface area contributed by atoms with Crippen molar-refractivity contribution in [2.75, 3.05) is 64.0 Å². The zero-order valence-corrected chi connectivity index (χ0v) is 76.1. The molecule has 0 amide bonds. The van der Waals surface area contributed by atoms with Crippen LogP contribution < -0.4 is 42.6 Å². The molecule has 0 aliphatic heterocycles. The zero-order chi connectivity index (χ0) is 90.9. The number of benzene rings is 15. The molecule has 13 heteroatoms. The third-order valence-electron chi connectivity index (χ3n) is 24.2. The van der Waals surface area contributed by atoms with Gasteiger partial charge in [-0.25, -0.2) is 0 Å². The normalized spacial score (nSPS) is 11.6. The molecule has 15 aromatic rings. The quantitative estimate of drug-likeness (QED) is 0.0315. The number of phenols is 1. The lowest BCUT2D eigenvalue weighted by Crippen LogP contribution is -2.26. The van der Waals surface area contributed by atoms with Crippen LogP contribution in [0.25, 0.3) is 0 Å². The van der Waals surface area contributed by atoms with Gasteiger partial charge in [-0.15, -0.1) is 0 Å². The molecule has 2 atom stereocenters. The minimum Gasteiger partial charge on any atom is -0.508 e. The summed E-state index contributed by atoms with van der Waals surface area (Å²) in [7, 11) is 15.2. The number of methoxy groups -OCH3 is 9. The van der Waals surface area contributed by atoms with Gasteiger partial charge in [-0.2, -0.15) is 0 Å². The number of phenolic OH excluding ortho intramolecular Hbond substituents is 1. The molecule has 0 aromatic heterocycles. The fraction of sp³-hybridized carbons (Fsp3) is 0.217. The molecule has 15 rings (SSSR count). The first-order valence-corrected chi connectivity index (χ1v) is 43.0. The number of ether oxygens (including phenoxy) is 9. The van der Waals surface area contributed by atoms with Gasteiger partial charge in [0.2, 0.25) is 0 Å². The summed E-state index contributed by atoms with van der Waals surface area (Å²) in [4.78, 5) is 0. The molecule has 656 valence electrons. The van der Waals surface area contributed by atoms with Crippen LogP contribution >= 0.6 is 0 Å². The Morgan fingerprint density at radius 3 is 0.711 bits per heavy atom. The molecule has 0 fully saturated rings. The van der Waals surface area contributed by atoms with Gasteiger partial charge in [0.05, 0.1) is 83.8 Å². The van der Waals surface area contributed by atoms with E-state index in [1.807, 2.05) is 133 Å². The predicted molar refractivity (Wildman–Crippen MR) is 515 cm³/mol. The number of aliphatic hydroxyl groups excluding tert-OH is 3. The van der Waals surface area contributed by atoms with E-state index in [4.69, 9.17) is 42.6 Å². The average molecular weight is 1710 g/mol. The highest BCUT2D eigenvalue weighted by Gasteiger charge is 2.33. The Hall–Kier alpha value is -13.8. The molecule has 4 N–H and O–H groups in total. The van der Waals surface area contributed by atoms with Crippen LogP contribution in [-0.2, 0) is 43.5 Å². The summed E-state index contributed by atoms with van der Waals surface area (Å²) in [5.41, 5.74) is 27.0. The molecular weight excluding hydrogens is 1590 g/mol. The molecular formula is C115H118O13. The summed E-state index contributed by atoms with van der Waals surface area (Å²) in [6, 6.07) is 116. The lowest BCUT2D eigenvalue weighted by molar-refractivity contribution is 0.281. The first-order valence-electron chi connectivity index (χ1n) is 43.0. The third-order valence-corrected chi connectivity index (χ3v) is 24.2. The maximum Gasteiger partial charge on any atom is 0.125 e. The van der Waals surface area contributed by atoms with Crippen molar-refractivity contribution in [2.24, 2.45) is 0 Å². The number of hydrogen-bond donors (Lipinski definition) is 4. The van der Waals surface area contributed by atoms with Crippen LogP contribution in [0.15, 0.2) is 340 Å². The van der Waals surface area contributed by atoms with Crippen molar-refractivity contribution < 1.29 is 63.1 Å². The second-order valence-electron chi connectivity index (χ2n) is 32.7. The molecule has 0 aliphatic rings. The SMILES string of the molecule is COc1ccc(C(C)(c2ccc(OC)cc2)c2ccc(C(C)(C)c3ccc(CO)cc3)cc2)cc1.COc1ccc(C(c2ccc(CO)cc2)c2ccc(C(c3ccc(CO)cc3)c3ccc(OC)cc3)cc2)cc1.COc1ccc(C(c2ccc(O)cc2)c2ccc(OC)cc2)cc1.COc1ccc(C)cc1Cc1cc(C)cc(Cc2cc(C)ccc2OC)c1OC. The summed E-state index contributed by atoms with van der Waals surface area (Å²) in [5, 5.41) is 38.1. The van der Waals surface area contributed by atoms with Crippen LogP contribution in [-0.4, -0.2) is 84.4 Å². The second-order valence-corrected chi connectivity index (χ2v) is 32.7. The highest BCUT2D eigenvalue weighted by atomic mass is 16.5. The fourth-order valence-corrected chi connectivity index (χ4v) is 16.8. The van der Waals surface area contributed by atoms with Crippen LogP contribution in [0.2, 0.25) is 0 Å². The highest BCUT2D eigenvalue weighted by Crippen LogP contribution is 2.44. The summed E-state index contributed by atoms with van der Waals surface area (Å²) >= 11 is 0. The first kappa shape index (κ1) is 93.3. The molecule has 0 saturated heterocycles. The van der Waals surface area contributed by atoms with Gasteiger partial charge in [-0.05, 0) is 242 Å². The van der Waals surface area contributed by atoms with Gasteiger partial charge in [0, 0.05) is 41.4 Å². The fourth-order valence-electron chi connectivity index (χ4n) is 16.8. The minimum atomic E-state index is -0.357. The van der Waals surface area contributed by atoms with Gasteiger partial charge >= 0.3 is 0 Å². The number of rotatable bonds is 30. The van der Waals surface area contributed by atoms with Gasteiger partial charge in [0.15, 0.2) is 0 Å². The van der Waals surface area contributed by atoms with E-state index in [0.717, 1.165) is 142 Å². The number of aliphatic hydroxyl groups is 3. The maximum absolute atomic E-state index is 9.58. The van der Waals surface area contributed by atoms with E-state index < -0.39 is 0 Å². The molecule has 0 saturated carbocycles. The molecule has 0 bridgehead atoms. The average Bonchev–Trinajstić information content (AvgIpc) is 0.766. The van der Waals surface area contributed by atoms with Crippen molar-refractivity contribution in [3.05, 3.63) is 473 Å². The van der Waals surface area contributed by atoms with Crippen molar-refractivity contribution in [1.82, 2.24) is 0 Å². The van der Waals surface area contributed by atoms with Crippen LogP contribution in [0.1, 0.15) is 172 Å². The molecule has 0 heterocycles. The molecule has 0 radical (unpaired) electrons. The van der Waals surface area contributed by atoms with Crippen molar-refractivity contribution in [3.63, 3.8) is 0 Å². The number of aryl methyl sites for hydroxylation is 3. The summed E-state index contributed by atoms with van der Waals surface area (Å²) < 4.78 is 49.2. The van der Waals surface area contributed by atoms with E-state index in [2.05, 4.69) is 236 Å². The largest absolute Gasteiger partial charge is 0.508 e. The second kappa shape index (κ2) is 44.4. The smallest absolute Gasteiger partial charge is 0.125 e. The monoisotopic (exact) mass is 1710 g/mol. The Labute approximate surface area is 756 Å². The van der Waals surface area contributed by atoms with E-state index in [0.29, 0.717) is 0 Å². The molecule has 2 unspecified atom stereocenters. The Morgan fingerprint density at radius 2 is 0.453 bits per heavy atom. The predicted octanol–water partition coefficient (Wildman–Crippen LogP) is 24.3. The third kappa shape index (κ3) is 22.9. The Bertz CT molecular complexity index is 5590. The van der Waals surface area contributed by atoms with Gasteiger partial charge < -0.3 is 63.1 Å². The minimum absolute atomic E-state index is 0.0220. The van der Waals surface area contributed by atoms with Gasteiger partial charge in [0.25, 0.3) is 0 Å². The standard InChI is InChI=1S/C36H34O4.C32H34O3.C26H30O3.C21H20O3/c1-39-33-19-15-31(16-20-33)35(27-7-3-25(23-37)4-8-27)29-11-13-30(14-12-29)36(28-9-5-26(24-38)6-10-28)32-17-21-34(40-2)22-18-32;1-31(2,24-8-6-23(22-33)7-9-24)25-10-12-26(13-11-25)32(3,27-14-18-29(34-4)19-15-27)28-16-20-30(35-5)21-17-28;1-17-7-9-24(27-4)20(11-17)15-22-13-19(3)14-23(26(22)29-6)16-21-12-18(2)8-10-25(21)28-5;1-23-19-11-5-16(6-12-19)21(15-3-9-18(22)10-4-15)17-7-13-20(24-2)14-8-17/h3-22,35-38H,23-24H2,1-2H3;6-21,33H,22H2,1-5H3;7-14H,15-16H2,1-6H3;3-14,21-22H,1-2H3. The van der Waals surface area contributed by atoms with E-state index >= 15 is 0 Å². The topological polar surface area (TPSA) is 164 Å². The molecule has 15 aromatic carbocycles. The van der Waals surface area contributed by atoms with Gasteiger partial charge in [0.1, 0.15) is 57.5 Å². The summed E-state index contributed by atoms with van der Waals surface area (Å²) in [6.45, 7) is 13.2. The highest BCUT2D eigenvalue weighted by molar-refractivity contribution is 5.57. The van der Waals surface area contributed by atoms with Crippen molar-refractivity contribution >= 4 is 0 Å². The molecule has 0 aliphatic carbocycles. The molecule has 128 heavy (non-hydrogen) atoms. The van der Waals surface area contributed by atoms with Crippen LogP contribution in [0, 0.1) is 20.8 Å². The van der Waals surface area contributed by atoms with Gasteiger partial charge in [-0.3, -0.25) is 0 Å². The molecule has 13 nitrogen and oxygen atoms in total. The maximum atomic E-state index is 9.58.